The topological polar surface area (TPSA) is 49.3 Å². The summed E-state index contributed by atoms with van der Waals surface area (Å²) < 4.78 is 0. The fraction of sp³-hybridized carbons (Fsp3) is 0.190. The van der Waals surface area contributed by atoms with E-state index in [2.05, 4.69) is 5.32 Å². The first-order valence-corrected chi connectivity index (χ1v) is 8.10. The van der Waals surface area contributed by atoms with Gasteiger partial charge < -0.3 is 10.4 Å². The van der Waals surface area contributed by atoms with E-state index in [0.717, 1.165) is 16.7 Å². The number of aliphatic hydroxyl groups is 1. The quantitative estimate of drug-likeness (QED) is 0.882. The van der Waals surface area contributed by atoms with Crippen LogP contribution < -0.4 is 5.32 Å². The lowest BCUT2D eigenvalue weighted by molar-refractivity contribution is -0.119. The Labute approximate surface area is 142 Å². The third-order valence-electron chi connectivity index (χ3n) is 4.29. The van der Waals surface area contributed by atoms with Crippen molar-refractivity contribution in [3.8, 4) is 0 Å². The summed E-state index contributed by atoms with van der Waals surface area (Å²) in [5, 5.41) is 13.8. The minimum Gasteiger partial charge on any atom is -0.387 e. The van der Waals surface area contributed by atoms with E-state index in [4.69, 9.17) is 0 Å². The Morgan fingerprint density at radius 2 is 1.58 bits per heavy atom. The minimum absolute atomic E-state index is 0.0930. The molecule has 3 atom stereocenters. The lowest BCUT2D eigenvalue weighted by atomic mass is 9.85. The van der Waals surface area contributed by atoms with Crippen molar-refractivity contribution in [2.45, 2.75) is 19.1 Å². The monoisotopic (exact) mass is 319 g/mol. The number of nitrogens with one attached hydrogen (secondary N) is 1. The van der Waals surface area contributed by atoms with Gasteiger partial charge in [0.2, 0.25) is 5.91 Å². The molecule has 122 valence electrons. The molecule has 24 heavy (non-hydrogen) atoms. The van der Waals surface area contributed by atoms with Gasteiger partial charge in [0.1, 0.15) is 0 Å². The smallest absolute Gasteiger partial charge is 0.217 e. The van der Waals surface area contributed by atoms with Gasteiger partial charge in [0.15, 0.2) is 0 Å². The maximum absolute atomic E-state index is 11.7. The molecule has 0 bridgehead atoms. The largest absolute Gasteiger partial charge is 0.387 e. The fourth-order valence-corrected chi connectivity index (χ4v) is 3.15. The Morgan fingerprint density at radius 3 is 2.17 bits per heavy atom. The number of carbonyl (C=O) groups excluding carboxylic acids is 1. The van der Waals surface area contributed by atoms with Crippen LogP contribution in [0.25, 0.3) is 0 Å². The Hall–Kier alpha value is -2.65. The molecule has 1 unspecified atom stereocenters. The van der Waals surface area contributed by atoms with E-state index in [0.29, 0.717) is 0 Å². The zero-order valence-corrected chi connectivity index (χ0v) is 13.6. The van der Waals surface area contributed by atoms with Crippen molar-refractivity contribution in [3.05, 3.63) is 95.6 Å². The molecule has 0 radical (unpaired) electrons. The first-order chi connectivity index (χ1) is 11.7. The summed E-state index contributed by atoms with van der Waals surface area (Å²) in [6.45, 7) is 1.52. The summed E-state index contributed by atoms with van der Waals surface area (Å²) in [5.74, 6) is -0.255. The number of carbonyl (C=O) groups is 1. The van der Waals surface area contributed by atoms with Gasteiger partial charge in [-0.2, -0.15) is 0 Å². The number of amides is 1. The molecule has 3 rings (SSSR count). The van der Waals surface area contributed by atoms with E-state index in [1.807, 2.05) is 78.9 Å². The average molecular weight is 319 g/mol. The zero-order chi connectivity index (χ0) is 16.9. The Morgan fingerprint density at radius 1 is 1.00 bits per heavy atom. The molecule has 1 aliphatic rings. The molecule has 3 heteroatoms. The van der Waals surface area contributed by atoms with Crippen LogP contribution >= 0.6 is 0 Å². The van der Waals surface area contributed by atoms with Gasteiger partial charge >= 0.3 is 0 Å². The normalized spacial score (nSPS) is 18.8. The van der Waals surface area contributed by atoms with E-state index in [1.165, 1.54) is 6.92 Å². The van der Waals surface area contributed by atoms with Gasteiger partial charge in [0.25, 0.3) is 0 Å². The Kier molecular flexibility index (Phi) is 4.92. The number of hydrogen-bond acceptors (Lipinski definition) is 2. The molecule has 1 amide bonds. The molecular formula is C21H21NO2. The average Bonchev–Trinajstić information content (AvgIpc) is 3.10. The molecule has 1 aliphatic carbocycles. The summed E-state index contributed by atoms with van der Waals surface area (Å²) in [4.78, 5) is 11.7. The molecule has 0 fully saturated rings. The van der Waals surface area contributed by atoms with Gasteiger partial charge in [-0.25, -0.2) is 0 Å². The number of aliphatic hydroxyl groups excluding tert-OH is 1. The van der Waals surface area contributed by atoms with Crippen LogP contribution in [-0.2, 0) is 4.79 Å². The van der Waals surface area contributed by atoms with Crippen molar-refractivity contribution in [2.24, 2.45) is 5.92 Å². The summed E-state index contributed by atoms with van der Waals surface area (Å²) in [6.07, 6.45) is 5.29. The molecule has 2 aromatic carbocycles. The second-order valence-electron chi connectivity index (χ2n) is 5.98. The first kappa shape index (κ1) is 16.2. The molecule has 0 spiro atoms. The molecular weight excluding hydrogens is 298 g/mol. The number of benzene rings is 2. The molecule has 0 heterocycles. The van der Waals surface area contributed by atoms with Crippen molar-refractivity contribution in [1.29, 1.82) is 0 Å². The third kappa shape index (κ3) is 3.47. The number of hydrogen-bond donors (Lipinski definition) is 2. The number of rotatable bonds is 5. The van der Waals surface area contributed by atoms with E-state index in [9.17, 15) is 9.90 Å². The second kappa shape index (κ2) is 7.28. The fourth-order valence-electron chi connectivity index (χ4n) is 3.15. The summed E-state index contributed by atoms with van der Waals surface area (Å²) in [7, 11) is 0. The van der Waals surface area contributed by atoms with Crippen molar-refractivity contribution >= 4 is 5.91 Å². The summed E-state index contributed by atoms with van der Waals surface area (Å²) in [5.41, 5.74) is 2.87. The van der Waals surface area contributed by atoms with Gasteiger partial charge in [-0.1, -0.05) is 78.9 Å². The van der Waals surface area contributed by atoms with E-state index in [-0.39, 0.29) is 17.9 Å². The van der Waals surface area contributed by atoms with Crippen molar-refractivity contribution in [2.75, 3.05) is 0 Å². The molecule has 2 N–H and O–H groups in total. The van der Waals surface area contributed by atoms with Crippen LogP contribution in [0.1, 0.15) is 30.2 Å². The van der Waals surface area contributed by atoms with Gasteiger partial charge in [-0.15, -0.1) is 0 Å². The van der Waals surface area contributed by atoms with Gasteiger partial charge in [-0.05, 0) is 16.7 Å². The molecule has 2 aromatic rings. The molecule has 0 aliphatic heterocycles. The van der Waals surface area contributed by atoms with Crippen LogP contribution in [0.2, 0.25) is 0 Å². The molecule has 3 nitrogen and oxygen atoms in total. The highest BCUT2D eigenvalue weighted by Gasteiger charge is 2.30. The predicted octanol–water partition coefficient (Wildman–Crippen LogP) is 3.71. The minimum atomic E-state index is -0.642. The maximum Gasteiger partial charge on any atom is 0.217 e. The molecule has 0 saturated heterocycles. The summed E-state index contributed by atoms with van der Waals surface area (Å²) in [6, 6.07) is 19.2. The van der Waals surface area contributed by atoms with E-state index < -0.39 is 6.10 Å². The SMILES string of the molecule is CC(=O)N[C@@H](C1=CC=CC1[C@H](O)c1ccccc1)c1ccccc1. The lowest BCUT2D eigenvalue weighted by Crippen LogP contribution is -2.30. The summed E-state index contributed by atoms with van der Waals surface area (Å²) >= 11 is 0. The highest BCUT2D eigenvalue weighted by Crippen LogP contribution is 2.39. The second-order valence-corrected chi connectivity index (χ2v) is 5.98. The molecule has 0 saturated carbocycles. The van der Waals surface area contributed by atoms with Crippen LogP contribution in [0.4, 0.5) is 0 Å². The van der Waals surface area contributed by atoms with Gasteiger partial charge in [0, 0.05) is 12.8 Å². The zero-order valence-electron chi connectivity index (χ0n) is 13.6. The van der Waals surface area contributed by atoms with E-state index in [1.54, 1.807) is 0 Å². The van der Waals surface area contributed by atoms with Crippen LogP contribution in [-0.4, -0.2) is 11.0 Å². The highest BCUT2D eigenvalue weighted by molar-refractivity contribution is 5.74. The van der Waals surface area contributed by atoms with Crippen molar-refractivity contribution in [3.63, 3.8) is 0 Å². The standard InChI is InChI=1S/C21H21NO2/c1-15(23)22-20(16-9-4-2-5-10-16)18-13-8-14-19(18)21(24)17-11-6-3-7-12-17/h2-14,19-21,24H,1H3,(H,22,23)/t19?,20-,21-/m1/s1. The highest BCUT2D eigenvalue weighted by atomic mass is 16.3. The van der Waals surface area contributed by atoms with Gasteiger partial charge in [0.05, 0.1) is 12.1 Å². The van der Waals surface area contributed by atoms with Crippen LogP contribution in [0, 0.1) is 5.92 Å². The van der Waals surface area contributed by atoms with Crippen molar-refractivity contribution in [1.82, 2.24) is 5.32 Å². The Balaban J connectivity index is 1.91. The lowest BCUT2D eigenvalue weighted by Gasteiger charge is -2.28. The van der Waals surface area contributed by atoms with E-state index >= 15 is 0 Å². The predicted molar refractivity (Wildman–Crippen MR) is 95.1 cm³/mol. The Bertz CT molecular complexity index is 750. The van der Waals surface area contributed by atoms with Crippen LogP contribution in [0.15, 0.2) is 84.5 Å². The van der Waals surface area contributed by atoms with Gasteiger partial charge in [-0.3, -0.25) is 4.79 Å². The van der Waals surface area contributed by atoms with Crippen LogP contribution in [0.3, 0.4) is 0 Å². The number of allylic oxidation sites excluding steroid dienone is 2. The third-order valence-corrected chi connectivity index (χ3v) is 4.29. The van der Waals surface area contributed by atoms with Crippen LogP contribution in [0.5, 0.6) is 0 Å². The first-order valence-electron chi connectivity index (χ1n) is 8.10. The maximum atomic E-state index is 11.7. The molecule has 0 aromatic heterocycles. The van der Waals surface area contributed by atoms with Crippen molar-refractivity contribution < 1.29 is 9.90 Å².